The van der Waals surface area contributed by atoms with E-state index >= 15 is 0 Å². The zero-order chi connectivity index (χ0) is 13.5. The number of thioether (sulfide) groups is 1. The normalized spacial score (nSPS) is 11.8. The third-order valence-corrected chi connectivity index (χ3v) is 3.71. The first-order valence-corrected chi connectivity index (χ1v) is 7.03. The number of nitrogens with one attached hydrogen (secondary N) is 1. The van der Waals surface area contributed by atoms with Gasteiger partial charge in [-0.15, -0.1) is 11.8 Å². The Morgan fingerprint density at radius 2 is 1.95 bits per heavy atom. The quantitative estimate of drug-likeness (QED) is 0.851. The van der Waals surface area contributed by atoms with Gasteiger partial charge in [0.05, 0.1) is 17.5 Å². The highest BCUT2D eigenvalue weighted by Crippen LogP contribution is 2.22. The number of hydrogen-bond acceptors (Lipinski definition) is 3. The number of carbonyl (C=O) groups is 1. The molecule has 98 valence electrons. The van der Waals surface area contributed by atoms with E-state index in [2.05, 4.69) is 10.3 Å². The van der Waals surface area contributed by atoms with Gasteiger partial charge in [-0.3, -0.25) is 9.78 Å². The molecule has 0 aliphatic carbocycles. The second-order valence-electron chi connectivity index (χ2n) is 4.11. The van der Waals surface area contributed by atoms with E-state index in [0.717, 1.165) is 10.6 Å². The highest BCUT2D eigenvalue weighted by atomic mass is 32.2. The molecule has 1 heterocycles. The summed E-state index contributed by atoms with van der Waals surface area (Å²) in [6.07, 6.45) is 1.73. The summed E-state index contributed by atoms with van der Waals surface area (Å²) >= 11 is 1.55. The van der Waals surface area contributed by atoms with E-state index in [9.17, 15) is 4.79 Å². The highest BCUT2D eigenvalue weighted by Gasteiger charge is 2.13. The number of aromatic nitrogens is 1. The second-order valence-corrected chi connectivity index (χ2v) is 5.53. The fraction of sp³-hybridized carbons (Fsp3) is 0.200. The van der Waals surface area contributed by atoms with Crippen LogP contribution in [0.2, 0.25) is 0 Å². The van der Waals surface area contributed by atoms with Crippen molar-refractivity contribution in [3.05, 3.63) is 60.4 Å². The van der Waals surface area contributed by atoms with Gasteiger partial charge in [0.25, 0.3) is 0 Å². The van der Waals surface area contributed by atoms with Crippen molar-refractivity contribution in [1.82, 2.24) is 10.3 Å². The van der Waals surface area contributed by atoms with Gasteiger partial charge in [0, 0.05) is 11.1 Å². The number of amides is 1. The van der Waals surface area contributed by atoms with Gasteiger partial charge in [0.2, 0.25) is 5.91 Å². The SMILES string of the molecule is CC(Sc1ccccc1)C(=O)NCc1ccccn1. The lowest BCUT2D eigenvalue weighted by molar-refractivity contribution is -0.120. The number of carbonyl (C=O) groups excluding carboxylic acids is 1. The van der Waals surface area contributed by atoms with Crippen LogP contribution in [0.4, 0.5) is 0 Å². The van der Waals surface area contributed by atoms with Crippen molar-refractivity contribution >= 4 is 17.7 Å². The van der Waals surface area contributed by atoms with Crippen molar-refractivity contribution in [3.8, 4) is 0 Å². The molecule has 0 radical (unpaired) electrons. The van der Waals surface area contributed by atoms with Crippen LogP contribution >= 0.6 is 11.8 Å². The van der Waals surface area contributed by atoms with Crippen LogP contribution in [0.5, 0.6) is 0 Å². The topological polar surface area (TPSA) is 42.0 Å². The van der Waals surface area contributed by atoms with Gasteiger partial charge in [-0.1, -0.05) is 24.3 Å². The first-order valence-electron chi connectivity index (χ1n) is 6.15. The number of pyridine rings is 1. The maximum absolute atomic E-state index is 12.0. The Morgan fingerprint density at radius 1 is 1.21 bits per heavy atom. The maximum Gasteiger partial charge on any atom is 0.233 e. The van der Waals surface area contributed by atoms with Crippen LogP contribution < -0.4 is 5.32 Å². The van der Waals surface area contributed by atoms with Gasteiger partial charge < -0.3 is 5.32 Å². The van der Waals surface area contributed by atoms with E-state index in [4.69, 9.17) is 0 Å². The highest BCUT2D eigenvalue weighted by molar-refractivity contribution is 8.00. The molecule has 4 heteroatoms. The molecule has 0 fully saturated rings. The summed E-state index contributed by atoms with van der Waals surface area (Å²) in [4.78, 5) is 17.2. The Labute approximate surface area is 117 Å². The molecular formula is C15H16N2OS. The molecule has 1 aromatic carbocycles. The molecule has 1 unspecified atom stereocenters. The average molecular weight is 272 g/mol. The Morgan fingerprint density at radius 3 is 2.63 bits per heavy atom. The first kappa shape index (κ1) is 13.6. The zero-order valence-electron chi connectivity index (χ0n) is 10.7. The lowest BCUT2D eigenvalue weighted by Crippen LogP contribution is -2.30. The third kappa shape index (κ3) is 4.41. The molecule has 0 bridgehead atoms. The molecule has 0 saturated carbocycles. The number of hydrogen-bond donors (Lipinski definition) is 1. The molecule has 2 rings (SSSR count). The molecule has 0 aliphatic rings. The predicted molar refractivity (Wildman–Crippen MR) is 77.8 cm³/mol. The summed E-state index contributed by atoms with van der Waals surface area (Å²) in [6.45, 7) is 2.38. The second kappa shape index (κ2) is 6.95. The molecule has 1 atom stereocenters. The standard InChI is InChI=1S/C15H16N2OS/c1-12(19-14-8-3-2-4-9-14)15(18)17-11-13-7-5-6-10-16-13/h2-10,12H,11H2,1H3,(H,17,18). The van der Waals surface area contributed by atoms with Gasteiger partial charge >= 0.3 is 0 Å². The van der Waals surface area contributed by atoms with Crippen molar-refractivity contribution in [1.29, 1.82) is 0 Å². The Hall–Kier alpha value is -1.81. The lowest BCUT2D eigenvalue weighted by atomic mass is 10.3. The summed E-state index contributed by atoms with van der Waals surface area (Å²) in [5.41, 5.74) is 0.868. The Balaban J connectivity index is 1.83. The van der Waals surface area contributed by atoms with Crippen LogP contribution in [0, 0.1) is 0 Å². The first-order chi connectivity index (χ1) is 9.25. The van der Waals surface area contributed by atoms with E-state index in [1.54, 1.807) is 18.0 Å². The van der Waals surface area contributed by atoms with E-state index in [-0.39, 0.29) is 11.2 Å². The minimum absolute atomic E-state index is 0.0273. The van der Waals surface area contributed by atoms with Gasteiger partial charge in [0.15, 0.2) is 0 Å². The molecule has 0 saturated heterocycles. The summed E-state index contributed by atoms with van der Waals surface area (Å²) in [6, 6.07) is 15.6. The van der Waals surface area contributed by atoms with Crippen LogP contribution in [0.25, 0.3) is 0 Å². The van der Waals surface area contributed by atoms with Crippen LogP contribution in [0.3, 0.4) is 0 Å². The average Bonchev–Trinajstić information content (AvgIpc) is 2.47. The van der Waals surface area contributed by atoms with Crippen LogP contribution in [-0.4, -0.2) is 16.1 Å². The van der Waals surface area contributed by atoms with Crippen molar-refractivity contribution in [2.45, 2.75) is 23.6 Å². The van der Waals surface area contributed by atoms with Crippen LogP contribution in [0.1, 0.15) is 12.6 Å². The van der Waals surface area contributed by atoms with E-state index in [0.29, 0.717) is 6.54 Å². The van der Waals surface area contributed by atoms with E-state index < -0.39 is 0 Å². The fourth-order valence-corrected chi connectivity index (χ4v) is 2.49. The molecule has 19 heavy (non-hydrogen) atoms. The Bertz CT molecular complexity index is 516. The summed E-state index contributed by atoms with van der Waals surface area (Å²) in [5.74, 6) is 0.0273. The fourth-order valence-electron chi connectivity index (χ4n) is 1.58. The van der Waals surface area contributed by atoms with Crippen molar-refractivity contribution in [3.63, 3.8) is 0 Å². The minimum atomic E-state index is -0.119. The van der Waals surface area contributed by atoms with Crippen molar-refractivity contribution < 1.29 is 4.79 Å². The number of benzene rings is 1. The number of nitrogens with zero attached hydrogens (tertiary/aromatic N) is 1. The van der Waals surface area contributed by atoms with E-state index in [1.807, 2.05) is 55.5 Å². The molecule has 1 amide bonds. The van der Waals surface area contributed by atoms with Gasteiger partial charge in [-0.05, 0) is 31.2 Å². The molecule has 3 nitrogen and oxygen atoms in total. The smallest absolute Gasteiger partial charge is 0.233 e. The Kier molecular flexibility index (Phi) is 4.98. The molecular weight excluding hydrogens is 256 g/mol. The molecule has 0 spiro atoms. The van der Waals surface area contributed by atoms with Crippen LogP contribution in [0.15, 0.2) is 59.6 Å². The van der Waals surface area contributed by atoms with E-state index in [1.165, 1.54) is 0 Å². The molecule has 1 N–H and O–H groups in total. The monoisotopic (exact) mass is 272 g/mol. The molecule has 1 aromatic heterocycles. The number of rotatable bonds is 5. The largest absolute Gasteiger partial charge is 0.349 e. The molecule has 2 aromatic rings. The molecule has 0 aliphatic heterocycles. The summed E-state index contributed by atoms with van der Waals surface area (Å²) in [5, 5.41) is 2.78. The van der Waals surface area contributed by atoms with Crippen molar-refractivity contribution in [2.24, 2.45) is 0 Å². The summed E-state index contributed by atoms with van der Waals surface area (Å²) < 4.78 is 0. The van der Waals surface area contributed by atoms with Gasteiger partial charge in [0.1, 0.15) is 0 Å². The predicted octanol–water partition coefficient (Wildman–Crippen LogP) is 2.88. The summed E-state index contributed by atoms with van der Waals surface area (Å²) in [7, 11) is 0. The van der Waals surface area contributed by atoms with Crippen molar-refractivity contribution in [2.75, 3.05) is 0 Å². The zero-order valence-corrected chi connectivity index (χ0v) is 11.6. The van der Waals surface area contributed by atoms with Gasteiger partial charge in [-0.25, -0.2) is 0 Å². The van der Waals surface area contributed by atoms with Crippen LogP contribution in [-0.2, 0) is 11.3 Å². The lowest BCUT2D eigenvalue weighted by Gasteiger charge is -2.11. The minimum Gasteiger partial charge on any atom is -0.349 e. The third-order valence-electron chi connectivity index (χ3n) is 2.60. The van der Waals surface area contributed by atoms with Gasteiger partial charge in [-0.2, -0.15) is 0 Å². The maximum atomic E-state index is 12.0.